The molecule has 2 aromatic rings. The third-order valence-electron chi connectivity index (χ3n) is 3.69. The molecule has 0 saturated heterocycles. The molecular formula is C19H19Cl3N2O3. The molecule has 2 aromatic carbocycles. The van der Waals surface area contributed by atoms with E-state index in [1.165, 1.54) is 6.07 Å². The molecule has 27 heavy (non-hydrogen) atoms. The van der Waals surface area contributed by atoms with Gasteiger partial charge < -0.3 is 15.4 Å². The van der Waals surface area contributed by atoms with Gasteiger partial charge in [-0.15, -0.1) is 0 Å². The molecule has 0 aliphatic rings. The summed E-state index contributed by atoms with van der Waals surface area (Å²) in [5, 5.41) is 6.74. The van der Waals surface area contributed by atoms with Crippen molar-refractivity contribution in [1.29, 1.82) is 0 Å². The van der Waals surface area contributed by atoms with Crippen LogP contribution in [0.25, 0.3) is 0 Å². The van der Waals surface area contributed by atoms with Crippen molar-refractivity contribution < 1.29 is 14.3 Å². The van der Waals surface area contributed by atoms with Crippen molar-refractivity contribution in [1.82, 2.24) is 10.6 Å². The summed E-state index contributed by atoms with van der Waals surface area (Å²) in [5.74, 6) is -0.0523. The number of aryl methyl sites for hydroxylation is 2. The highest BCUT2D eigenvalue weighted by molar-refractivity contribution is 6.36. The molecule has 0 unspecified atom stereocenters. The summed E-state index contributed by atoms with van der Waals surface area (Å²) in [7, 11) is 0. The first-order chi connectivity index (χ1) is 12.8. The summed E-state index contributed by atoms with van der Waals surface area (Å²) in [6, 6.07) is 8.18. The lowest BCUT2D eigenvalue weighted by atomic mass is 10.1. The van der Waals surface area contributed by atoms with Crippen LogP contribution in [0.15, 0.2) is 30.3 Å². The number of carbonyl (C=O) groups is 2. The molecule has 0 heterocycles. The Morgan fingerprint density at radius 3 is 2.22 bits per heavy atom. The van der Waals surface area contributed by atoms with E-state index in [0.717, 1.165) is 11.1 Å². The number of amides is 2. The first kappa shape index (κ1) is 21.4. The van der Waals surface area contributed by atoms with Crippen LogP contribution in [0.1, 0.15) is 21.5 Å². The monoisotopic (exact) mass is 428 g/mol. The maximum atomic E-state index is 12.0. The first-order valence-corrected chi connectivity index (χ1v) is 9.31. The van der Waals surface area contributed by atoms with Crippen LogP contribution in [0.4, 0.5) is 0 Å². The van der Waals surface area contributed by atoms with Crippen molar-refractivity contribution in [2.75, 3.05) is 19.7 Å². The quantitative estimate of drug-likeness (QED) is 0.649. The van der Waals surface area contributed by atoms with Crippen LogP contribution in [-0.2, 0) is 4.79 Å². The van der Waals surface area contributed by atoms with E-state index < -0.39 is 0 Å². The van der Waals surface area contributed by atoms with Crippen molar-refractivity contribution in [2.24, 2.45) is 0 Å². The van der Waals surface area contributed by atoms with Crippen LogP contribution < -0.4 is 15.4 Å². The Balaban J connectivity index is 1.72. The maximum absolute atomic E-state index is 12.0. The third kappa shape index (κ3) is 6.31. The van der Waals surface area contributed by atoms with Crippen molar-refractivity contribution >= 4 is 46.6 Å². The molecule has 2 N–H and O–H groups in total. The molecule has 5 nitrogen and oxygen atoms in total. The van der Waals surface area contributed by atoms with Gasteiger partial charge >= 0.3 is 0 Å². The van der Waals surface area contributed by atoms with E-state index in [4.69, 9.17) is 39.5 Å². The van der Waals surface area contributed by atoms with E-state index in [-0.39, 0.29) is 36.5 Å². The minimum atomic E-state index is -0.339. The number of halogens is 3. The molecule has 2 rings (SSSR count). The summed E-state index contributed by atoms with van der Waals surface area (Å²) in [5.41, 5.74) is 2.09. The van der Waals surface area contributed by atoms with Gasteiger partial charge in [0.2, 0.25) is 0 Å². The minimum absolute atomic E-state index is 0.128. The van der Waals surface area contributed by atoms with Gasteiger partial charge in [-0.25, -0.2) is 0 Å². The van der Waals surface area contributed by atoms with E-state index in [1.54, 1.807) is 24.3 Å². The van der Waals surface area contributed by atoms with Gasteiger partial charge in [-0.2, -0.15) is 0 Å². The van der Waals surface area contributed by atoms with Crippen LogP contribution in [0.3, 0.4) is 0 Å². The van der Waals surface area contributed by atoms with Gasteiger partial charge in [-0.05, 0) is 55.3 Å². The van der Waals surface area contributed by atoms with Crippen molar-refractivity contribution in [2.45, 2.75) is 13.8 Å². The van der Waals surface area contributed by atoms with Gasteiger partial charge in [-0.1, -0.05) is 34.8 Å². The van der Waals surface area contributed by atoms with Gasteiger partial charge in [-0.3, -0.25) is 9.59 Å². The molecule has 8 heteroatoms. The Labute approximate surface area is 172 Å². The Morgan fingerprint density at radius 2 is 1.59 bits per heavy atom. The Bertz CT molecular complexity index is 833. The van der Waals surface area contributed by atoms with Gasteiger partial charge in [0.25, 0.3) is 11.8 Å². The third-order valence-corrected chi connectivity index (χ3v) is 4.83. The molecule has 2 amide bonds. The molecule has 0 aliphatic carbocycles. The normalized spacial score (nSPS) is 10.4. The minimum Gasteiger partial charge on any atom is -0.484 e. The van der Waals surface area contributed by atoms with Crippen molar-refractivity contribution in [3.8, 4) is 5.75 Å². The molecule has 0 aromatic heterocycles. The largest absolute Gasteiger partial charge is 0.484 e. The second-order valence-corrected chi connectivity index (χ2v) is 7.11. The number of ether oxygens (including phenoxy) is 1. The number of hydrogen-bond acceptors (Lipinski definition) is 3. The zero-order valence-corrected chi connectivity index (χ0v) is 17.1. The van der Waals surface area contributed by atoms with Gasteiger partial charge in [0.1, 0.15) is 5.75 Å². The van der Waals surface area contributed by atoms with E-state index >= 15 is 0 Å². The number of hydrogen-bond donors (Lipinski definition) is 2. The van der Waals surface area contributed by atoms with Crippen molar-refractivity contribution in [3.63, 3.8) is 0 Å². The van der Waals surface area contributed by atoms with Crippen molar-refractivity contribution in [3.05, 3.63) is 62.1 Å². The topological polar surface area (TPSA) is 67.4 Å². The zero-order chi connectivity index (χ0) is 20.0. The second-order valence-electron chi connectivity index (χ2n) is 5.89. The van der Waals surface area contributed by atoms with Crippen LogP contribution >= 0.6 is 34.8 Å². The fourth-order valence-corrected chi connectivity index (χ4v) is 2.94. The summed E-state index contributed by atoms with van der Waals surface area (Å²) in [6.07, 6.45) is 0. The van der Waals surface area contributed by atoms with Crippen LogP contribution in [0.2, 0.25) is 15.1 Å². The van der Waals surface area contributed by atoms with E-state index in [9.17, 15) is 9.59 Å². The van der Waals surface area contributed by atoms with Gasteiger partial charge in [0, 0.05) is 23.1 Å². The van der Waals surface area contributed by atoms with E-state index in [1.807, 2.05) is 13.8 Å². The average Bonchev–Trinajstić information content (AvgIpc) is 2.61. The maximum Gasteiger partial charge on any atom is 0.258 e. The van der Waals surface area contributed by atoms with Crippen LogP contribution in [-0.4, -0.2) is 31.5 Å². The van der Waals surface area contributed by atoms with Crippen LogP contribution in [0.5, 0.6) is 5.75 Å². The average molecular weight is 430 g/mol. The highest BCUT2D eigenvalue weighted by atomic mass is 35.5. The number of nitrogens with one attached hydrogen (secondary N) is 2. The Kier molecular flexibility index (Phi) is 7.78. The smallest absolute Gasteiger partial charge is 0.258 e. The summed E-state index contributed by atoms with van der Waals surface area (Å²) >= 11 is 17.9. The number of carbonyl (C=O) groups excluding carboxylic acids is 2. The molecule has 0 radical (unpaired) electrons. The fourth-order valence-electron chi connectivity index (χ4n) is 2.34. The predicted molar refractivity (Wildman–Crippen MR) is 108 cm³/mol. The predicted octanol–water partition coefficient (Wildman–Crippen LogP) is 4.19. The lowest BCUT2D eigenvalue weighted by Gasteiger charge is -2.11. The summed E-state index contributed by atoms with van der Waals surface area (Å²) in [6.45, 7) is 4.13. The highest BCUT2D eigenvalue weighted by Gasteiger charge is 2.10. The Morgan fingerprint density at radius 1 is 0.963 bits per heavy atom. The SMILES string of the molecule is Cc1cc(OCC(=O)NCCNC(=O)c2ccc(Cl)cc2Cl)cc(C)c1Cl. The van der Waals surface area contributed by atoms with Crippen LogP contribution in [0, 0.1) is 13.8 Å². The van der Waals surface area contributed by atoms with E-state index in [0.29, 0.717) is 21.4 Å². The molecular weight excluding hydrogens is 411 g/mol. The molecule has 0 bridgehead atoms. The molecule has 0 fully saturated rings. The lowest BCUT2D eigenvalue weighted by molar-refractivity contribution is -0.123. The number of benzene rings is 2. The van der Waals surface area contributed by atoms with E-state index in [2.05, 4.69) is 10.6 Å². The zero-order valence-electron chi connectivity index (χ0n) is 14.9. The molecule has 0 aliphatic heterocycles. The lowest BCUT2D eigenvalue weighted by Crippen LogP contribution is -2.36. The fraction of sp³-hybridized carbons (Fsp3) is 0.263. The number of rotatable bonds is 7. The summed E-state index contributed by atoms with van der Waals surface area (Å²) in [4.78, 5) is 23.9. The molecule has 0 atom stereocenters. The highest BCUT2D eigenvalue weighted by Crippen LogP contribution is 2.25. The van der Waals surface area contributed by atoms with Gasteiger partial charge in [0.15, 0.2) is 6.61 Å². The Hall–Kier alpha value is -1.95. The molecule has 144 valence electrons. The van der Waals surface area contributed by atoms with Gasteiger partial charge in [0.05, 0.1) is 10.6 Å². The second kappa shape index (κ2) is 9.83. The first-order valence-electron chi connectivity index (χ1n) is 8.17. The standard InChI is InChI=1S/C19H19Cl3N2O3/c1-11-7-14(8-12(2)18(11)22)27-10-17(25)23-5-6-24-19(26)15-4-3-13(20)9-16(15)21/h3-4,7-9H,5-6,10H2,1-2H3,(H,23,25)(H,24,26). The molecule has 0 spiro atoms. The molecule has 0 saturated carbocycles. The summed E-state index contributed by atoms with van der Waals surface area (Å²) < 4.78 is 5.47.